The van der Waals surface area contributed by atoms with Crippen molar-refractivity contribution in [3.8, 4) is 5.75 Å². The predicted octanol–water partition coefficient (Wildman–Crippen LogP) is 9.24. The topological polar surface area (TPSA) is 136 Å². The number of nitrogens with one attached hydrogen (secondary N) is 3. The van der Waals surface area contributed by atoms with Crippen LogP contribution < -0.4 is 26.4 Å². The molecule has 67 heavy (non-hydrogen) atoms. The maximum absolute atomic E-state index is 14.4. The number of methoxy groups -OCH3 is 1. The Morgan fingerprint density at radius 2 is 1.61 bits per heavy atom. The number of halogens is 3. The molecule has 4 aliphatic rings. The molecule has 362 valence electrons. The Hall–Kier alpha value is -5.15. The Morgan fingerprint density at radius 1 is 0.925 bits per heavy atom. The van der Waals surface area contributed by atoms with Crippen molar-refractivity contribution in [3.63, 3.8) is 0 Å². The number of imide groups is 1. The van der Waals surface area contributed by atoms with E-state index in [0.717, 1.165) is 62.1 Å². The predicted molar refractivity (Wildman–Crippen MR) is 253 cm³/mol. The molecule has 2 aliphatic carbocycles. The van der Waals surface area contributed by atoms with E-state index in [9.17, 15) is 32.3 Å². The molecule has 15 heteroatoms. The van der Waals surface area contributed by atoms with Gasteiger partial charge in [-0.3, -0.25) is 28.8 Å². The summed E-state index contributed by atoms with van der Waals surface area (Å²) in [4.78, 5) is 52.8. The molecule has 0 radical (unpaired) electrons. The first kappa shape index (κ1) is 48.3. The van der Waals surface area contributed by atoms with E-state index >= 15 is 0 Å². The summed E-state index contributed by atoms with van der Waals surface area (Å²) in [5, 5.41) is 8.92. The number of nitrogens with zero attached hydrogens (tertiary/aromatic N) is 3. The number of benzene rings is 3. The van der Waals surface area contributed by atoms with Gasteiger partial charge in [0.05, 0.1) is 29.2 Å². The van der Waals surface area contributed by atoms with Crippen molar-refractivity contribution in [3.05, 3.63) is 88.3 Å². The van der Waals surface area contributed by atoms with Crippen LogP contribution in [0.25, 0.3) is 11.0 Å². The smallest absolute Gasteiger partial charge is 0.395 e. The number of imidazole rings is 1. The number of fused-ring (bicyclic) bond motifs is 1. The van der Waals surface area contributed by atoms with Crippen LogP contribution >= 0.6 is 0 Å². The molecule has 0 bridgehead atoms. The van der Waals surface area contributed by atoms with Crippen molar-refractivity contribution in [2.24, 2.45) is 24.3 Å². The number of rotatable bonds is 15. The third kappa shape index (κ3) is 10.6. The number of carbonyl (C=O) groups excluding carboxylic acids is 3. The second-order valence-electron chi connectivity index (χ2n) is 21.1. The second-order valence-corrected chi connectivity index (χ2v) is 21.1. The molecule has 8 rings (SSSR count). The number of ether oxygens (including phenoxy) is 2. The summed E-state index contributed by atoms with van der Waals surface area (Å²) in [5.74, 6) is 0.438. The van der Waals surface area contributed by atoms with E-state index < -0.39 is 23.5 Å². The lowest BCUT2D eigenvalue weighted by Crippen LogP contribution is -2.49. The van der Waals surface area contributed by atoms with Crippen molar-refractivity contribution >= 4 is 40.1 Å². The molecule has 2 aliphatic heterocycles. The fraction of sp³-hybridized carbons (Fsp3) is 0.577. The molecule has 4 aromatic rings. The zero-order valence-corrected chi connectivity index (χ0v) is 39.8. The molecule has 2 saturated heterocycles. The van der Waals surface area contributed by atoms with E-state index in [4.69, 9.17) is 9.47 Å². The summed E-state index contributed by atoms with van der Waals surface area (Å²) in [7, 11) is 3.31. The van der Waals surface area contributed by atoms with E-state index in [-0.39, 0.29) is 59.9 Å². The van der Waals surface area contributed by atoms with Gasteiger partial charge in [-0.25, -0.2) is 4.79 Å². The van der Waals surface area contributed by atoms with Gasteiger partial charge in [0.2, 0.25) is 17.7 Å². The normalized spacial score (nSPS) is 25.7. The monoisotopic (exact) mass is 929 g/mol. The molecular weight excluding hydrogens is 862 g/mol. The van der Waals surface area contributed by atoms with Gasteiger partial charge in [-0.15, -0.1) is 0 Å². The van der Waals surface area contributed by atoms with Crippen molar-refractivity contribution < 1.29 is 37.0 Å². The Kier molecular flexibility index (Phi) is 13.8. The zero-order valence-electron chi connectivity index (χ0n) is 39.8. The Morgan fingerprint density at radius 3 is 2.25 bits per heavy atom. The maximum Gasteiger partial charge on any atom is 0.395 e. The van der Waals surface area contributed by atoms with E-state index in [1.54, 1.807) is 14.2 Å². The summed E-state index contributed by atoms with van der Waals surface area (Å²) in [6, 6.07) is 21.2. The van der Waals surface area contributed by atoms with Gasteiger partial charge in [-0.1, -0.05) is 24.3 Å². The van der Waals surface area contributed by atoms with Crippen LogP contribution in [0.4, 0.5) is 24.5 Å². The first-order valence-electron chi connectivity index (χ1n) is 24.0. The van der Waals surface area contributed by atoms with Crippen LogP contribution in [0.15, 0.2) is 71.5 Å². The Labute approximate surface area is 391 Å². The van der Waals surface area contributed by atoms with Crippen molar-refractivity contribution in [1.29, 1.82) is 0 Å². The van der Waals surface area contributed by atoms with Crippen LogP contribution in [0.2, 0.25) is 0 Å². The van der Waals surface area contributed by atoms with Gasteiger partial charge in [-0.2, -0.15) is 13.2 Å². The summed E-state index contributed by atoms with van der Waals surface area (Å²) >= 11 is 0. The van der Waals surface area contributed by atoms with Crippen LogP contribution in [0.3, 0.4) is 0 Å². The number of aryl methyl sites for hydroxylation is 1. The molecule has 4 fully saturated rings. The van der Waals surface area contributed by atoms with Crippen molar-refractivity contribution in [1.82, 2.24) is 19.4 Å². The zero-order chi connectivity index (χ0) is 47.9. The Bertz CT molecular complexity index is 2480. The van der Waals surface area contributed by atoms with Gasteiger partial charge in [0, 0.05) is 61.9 Å². The minimum atomic E-state index is -4.32. The first-order chi connectivity index (χ1) is 31.7. The highest BCUT2D eigenvalue weighted by atomic mass is 19.4. The average molecular weight is 929 g/mol. The van der Waals surface area contributed by atoms with Crippen LogP contribution in [0, 0.1) is 17.3 Å². The molecule has 1 aromatic heterocycles. The number of amides is 3. The van der Waals surface area contributed by atoms with Crippen LogP contribution in [0.5, 0.6) is 5.75 Å². The molecule has 0 spiro atoms. The minimum Gasteiger partial charge on any atom is -0.497 e. The molecular formula is C52H67F3N6O6. The number of hydrogen-bond acceptors (Lipinski definition) is 8. The van der Waals surface area contributed by atoms with E-state index in [1.165, 1.54) is 34.1 Å². The molecule has 2 atom stereocenters. The van der Waals surface area contributed by atoms with Crippen LogP contribution in [-0.4, -0.2) is 82.9 Å². The standard InChI is InChI=1S/C52H67F3N6O6/c1-49(2,52(53,54)55)32-60(25-23-51(24-26-67-50(3,4)31-51)37-13-18-41(66-6)19-14-37)30-33-7-9-34(10-8-33)35-11-15-38(16-12-35)57-46(63)36-27-40(28-36)56-39-17-20-42-44(29-39)59(5)48(65)61(42)43-21-22-45(62)58-47(43)64/h11-20,29,33-34,36,40,43,56H,7-10,21-28,30-32H2,1-6H3,(H,57,63)(H,58,62,64)/t33?,34?,36?,40?,43?,51-/m1/s1. The van der Waals surface area contributed by atoms with Crippen LogP contribution in [-0.2, 0) is 31.6 Å². The SMILES string of the molecule is COc1ccc([C@]2(CCN(CC3CCC(c4ccc(NC(=O)C5CC(Nc6ccc7c(c6)n(C)c(=O)n7C6CCC(=O)NC6=O)C5)cc4)CC3)CC(C)(C)C(F)(F)F)CCOC(C)(C)C2)cc1. The quantitative estimate of drug-likeness (QED) is 0.101. The lowest BCUT2D eigenvalue weighted by atomic mass is 9.67. The van der Waals surface area contributed by atoms with Gasteiger partial charge in [0.1, 0.15) is 11.8 Å². The second kappa shape index (κ2) is 19.1. The molecule has 3 amide bonds. The first-order valence-corrected chi connectivity index (χ1v) is 24.0. The molecule has 2 saturated carbocycles. The number of carbonyl (C=O) groups is 3. The average Bonchev–Trinajstić information content (AvgIpc) is 3.51. The summed E-state index contributed by atoms with van der Waals surface area (Å²) in [6.07, 6.45) is 3.56. The maximum atomic E-state index is 14.4. The van der Waals surface area contributed by atoms with Gasteiger partial charge >= 0.3 is 11.9 Å². The van der Waals surface area contributed by atoms with Crippen molar-refractivity contribution in [2.45, 2.75) is 134 Å². The highest BCUT2D eigenvalue weighted by Crippen LogP contribution is 2.46. The lowest BCUT2D eigenvalue weighted by Gasteiger charge is -2.47. The van der Waals surface area contributed by atoms with Gasteiger partial charge in [0.25, 0.3) is 0 Å². The highest BCUT2D eigenvalue weighted by molar-refractivity contribution is 6.00. The number of hydrogen-bond donors (Lipinski definition) is 3. The fourth-order valence-electron chi connectivity index (χ4n) is 11.3. The molecule has 3 N–H and O–H groups in total. The number of anilines is 2. The third-order valence-electron chi connectivity index (χ3n) is 15.3. The van der Waals surface area contributed by atoms with Gasteiger partial charge in [0.15, 0.2) is 0 Å². The molecule has 12 nitrogen and oxygen atoms in total. The number of aromatic nitrogens is 2. The molecule has 3 aromatic carbocycles. The summed E-state index contributed by atoms with van der Waals surface area (Å²) in [6.45, 7) is 8.60. The number of piperidine rings is 1. The largest absolute Gasteiger partial charge is 0.497 e. The third-order valence-corrected chi connectivity index (χ3v) is 15.3. The van der Waals surface area contributed by atoms with Gasteiger partial charge < -0.3 is 25.0 Å². The summed E-state index contributed by atoms with van der Waals surface area (Å²) < 4.78 is 57.7. The van der Waals surface area contributed by atoms with E-state index in [2.05, 4.69) is 59.0 Å². The van der Waals surface area contributed by atoms with Crippen LogP contribution in [0.1, 0.15) is 121 Å². The number of alkyl halides is 3. The van der Waals surface area contributed by atoms with E-state index in [1.807, 2.05) is 42.5 Å². The van der Waals surface area contributed by atoms with E-state index in [0.29, 0.717) is 55.4 Å². The molecule has 3 heterocycles. The minimum absolute atomic E-state index is 0.0285. The Balaban J connectivity index is 0.831. The highest BCUT2D eigenvalue weighted by Gasteiger charge is 2.49. The summed E-state index contributed by atoms with van der Waals surface area (Å²) in [5.41, 5.74) is 2.49. The van der Waals surface area contributed by atoms with Gasteiger partial charge in [-0.05, 0) is 164 Å². The lowest BCUT2D eigenvalue weighted by molar-refractivity contribution is -0.217. The van der Waals surface area contributed by atoms with Crippen molar-refractivity contribution in [2.75, 3.05) is 44.0 Å². The fourth-order valence-corrected chi connectivity index (χ4v) is 11.3. The molecule has 1 unspecified atom stereocenters.